The molecule has 52 valence electrons. The number of hydrogen-bond acceptors (Lipinski definition) is 2. The third-order valence-corrected chi connectivity index (χ3v) is 1.98. The van der Waals surface area contributed by atoms with E-state index in [1.165, 1.54) is 0 Å². The summed E-state index contributed by atoms with van der Waals surface area (Å²) in [6.07, 6.45) is 5.05. The molecule has 0 aromatic carbocycles. The zero-order valence-electron chi connectivity index (χ0n) is 5.98. The quantitative estimate of drug-likeness (QED) is 0.473. The average Bonchev–Trinajstić information content (AvgIpc) is 1.63. The molecular weight excluding hydrogens is 130 g/mol. The maximum atomic E-state index is 5.69. The third-order valence-electron chi connectivity index (χ3n) is 0.659. The molecule has 0 amide bonds. The van der Waals surface area contributed by atoms with Crippen molar-refractivity contribution in [2.45, 2.75) is 19.4 Å². The Bertz CT molecular complexity index is 107. The van der Waals surface area contributed by atoms with Gasteiger partial charge in [-0.1, -0.05) is 5.92 Å². The Hall–Kier alpha value is -0.130. The Morgan fingerprint density at radius 2 is 2.22 bits per heavy atom. The van der Waals surface area contributed by atoms with Crippen LogP contribution >= 0.6 is 11.8 Å². The highest BCUT2D eigenvalue weighted by Crippen LogP contribution is 2.07. The summed E-state index contributed by atoms with van der Waals surface area (Å²) in [5, 5.41) is 0. The molecule has 0 fully saturated rings. The van der Waals surface area contributed by atoms with Gasteiger partial charge in [0.2, 0.25) is 0 Å². The smallest absolute Gasteiger partial charge is 0.0545 e. The molecule has 0 aromatic heterocycles. The molecule has 0 aliphatic rings. The highest BCUT2D eigenvalue weighted by molar-refractivity contribution is 7.99. The van der Waals surface area contributed by atoms with Gasteiger partial charge in [0.15, 0.2) is 0 Å². The lowest BCUT2D eigenvalue weighted by Gasteiger charge is -2.16. The molecule has 0 rings (SSSR count). The van der Waals surface area contributed by atoms with Crippen LogP contribution in [0.2, 0.25) is 0 Å². The fourth-order valence-corrected chi connectivity index (χ4v) is 1.12. The second-order valence-corrected chi connectivity index (χ2v) is 3.67. The Balaban J connectivity index is 3.20. The Labute approximate surface area is 61.4 Å². The second-order valence-electron chi connectivity index (χ2n) is 2.69. The lowest BCUT2D eigenvalue weighted by Crippen LogP contribution is -2.34. The van der Waals surface area contributed by atoms with Gasteiger partial charge in [-0.15, -0.1) is 18.2 Å². The Kier molecular flexibility index (Phi) is 3.76. The summed E-state index contributed by atoms with van der Waals surface area (Å²) >= 11 is 1.70. The first-order valence-corrected chi connectivity index (χ1v) is 4.02. The van der Waals surface area contributed by atoms with Crippen molar-refractivity contribution in [3.8, 4) is 12.3 Å². The van der Waals surface area contributed by atoms with E-state index in [2.05, 4.69) is 5.92 Å². The van der Waals surface area contributed by atoms with Gasteiger partial charge >= 0.3 is 0 Å². The normalized spacial score (nSPS) is 10.9. The van der Waals surface area contributed by atoms with Crippen LogP contribution < -0.4 is 5.73 Å². The average molecular weight is 143 g/mol. The SMILES string of the molecule is C#CCSCC(C)(C)N. The van der Waals surface area contributed by atoms with E-state index < -0.39 is 0 Å². The largest absolute Gasteiger partial charge is 0.325 e. The van der Waals surface area contributed by atoms with Gasteiger partial charge in [0, 0.05) is 11.3 Å². The summed E-state index contributed by atoms with van der Waals surface area (Å²) in [6, 6.07) is 0. The van der Waals surface area contributed by atoms with Crippen LogP contribution in [0.4, 0.5) is 0 Å². The van der Waals surface area contributed by atoms with Gasteiger partial charge in [-0.05, 0) is 13.8 Å². The summed E-state index contributed by atoms with van der Waals surface area (Å²) in [4.78, 5) is 0. The molecule has 0 saturated heterocycles. The fraction of sp³-hybridized carbons (Fsp3) is 0.714. The molecular formula is C7H13NS. The van der Waals surface area contributed by atoms with E-state index in [1.807, 2.05) is 13.8 Å². The van der Waals surface area contributed by atoms with Crippen LogP contribution in [0.15, 0.2) is 0 Å². The summed E-state index contributed by atoms with van der Waals surface area (Å²) in [5.74, 6) is 4.24. The molecule has 0 radical (unpaired) electrons. The van der Waals surface area contributed by atoms with E-state index in [0.717, 1.165) is 11.5 Å². The first-order valence-electron chi connectivity index (χ1n) is 2.86. The fourth-order valence-electron chi connectivity index (χ4n) is 0.373. The number of thioether (sulfide) groups is 1. The van der Waals surface area contributed by atoms with E-state index in [9.17, 15) is 0 Å². The summed E-state index contributed by atoms with van der Waals surface area (Å²) in [7, 11) is 0. The van der Waals surface area contributed by atoms with Crippen LogP contribution in [0, 0.1) is 12.3 Å². The van der Waals surface area contributed by atoms with Crippen molar-refractivity contribution in [2.75, 3.05) is 11.5 Å². The van der Waals surface area contributed by atoms with Gasteiger partial charge < -0.3 is 5.73 Å². The molecule has 2 heteroatoms. The first kappa shape index (κ1) is 8.87. The standard InChI is InChI=1S/C7H13NS/c1-4-5-9-6-7(2,3)8/h1H,5-6,8H2,2-3H3. The maximum absolute atomic E-state index is 5.69. The van der Waals surface area contributed by atoms with Crippen molar-refractivity contribution in [1.82, 2.24) is 0 Å². The van der Waals surface area contributed by atoms with Crippen LogP contribution in [0.1, 0.15) is 13.8 Å². The topological polar surface area (TPSA) is 26.0 Å². The summed E-state index contributed by atoms with van der Waals surface area (Å²) in [5.41, 5.74) is 5.60. The van der Waals surface area contributed by atoms with E-state index in [1.54, 1.807) is 11.8 Å². The molecule has 1 nitrogen and oxygen atoms in total. The zero-order chi connectivity index (χ0) is 7.33. The highest BCUT2D eigenvalue weighted by atomic mass is 32.2. The monoisotopic (exact) mass is 143 g/mol. The Morgan fingerprint density at radius 3 is 2.56 bits per heavy atom. The molecule has 0 spiro atoms. The molecule has 0 bridgehead atoms. The molecule has 0 aliphatic heterocycles. The summed E-state index contributed by atoms with van der Waals surface area (Å²) in [6.45, 7) is 3.99. The van der Waals surface area contributed by atoms with Crippen molar-refractivity contribution in [1.29, 1.82) is 0 Å². The minimum absolute atomic E-state index is 0.0818. The highest BCUT2D eigenvalue weighted by Gasteiger charge is 2.08. The number of nitrogens with two attached hydrogens (primary N) is 1. The molecule has 0 heterocycles. The van der Waals surface area contributed by atoms with Gasteiger partial charge in [-0.25, -0.2) is 0 Å². The molecule has 2 N–H and O–H groups in total. The molecule has 0 atom stereocenters. The van der Waals surface area contributed by atoms with Crippen molar-refractivity contribution >= 4 is 11.8 Å². The van der Waals surface area contributed by atoms with E-state index >= 15 is 0 Å². The molecule has 0 aromatic rings. The lowest BCUT2D eigenvalue weighted by atomic mass is 10.1. The van der Waals surface area contributed by atoms with Gasteiger partial charge in [0.25, 0.3) is 0 Å². The first-order chi connectivity index (χ1) is 4.06. The van der Waals surface area contributed by atoms with Crippen LogP contribution in [0.25, 0.3) is 0 Å². The van der Waals surface area contributed by atoms with Crippen molar-refractivity contribution in [3.63, 3.8) is 0 Å². The van der Waals surface area contributed by atoms with Gasteiger partial charge in [0.1, 0.15) is 0 Å². The minimum atomic E-state index is -0.0818. The van der Waals surface area contributed by atoms with E-state index in [4.69, 9.17) is 12.2 Å². The van der Waals surface area contributed by atoms with Gasteiger partial charge in [-0.2, -0.15) is 0 Å². The zero-order valence-corrected chi connectivity index (χ0v) is 6.79. The minimum Gasteiger partial charge on any atom is -0.325 e. The Morgan fingerprint density at radius 1 is 1.67 bits per heavy atom. The van der Waals surface area contributed by atoms with Crippen molar-refractivity contribution in [2.24, 2.45) is 5.73 Å². The number of rotatable bonds is 3. The predicted molar refractivity (Wildman–Crippen MR) is 44.4 cm³/mol. The predicted octanol–water partition coefficient (Wildman–Crippen LogP) is 1.09. The third kappa shape index (κ3) is 7.87. The molecule has 9 heavy (non-hydrogen) atoms. The lowest BCUT2D eigenvalue weighted by molar-refractivity contribution is 0.591. The maximum Gasteiger partial charge on any atom is 0.0545 e. The van der Waals surface area contributed by atoms with Crippen molar-refractivity contribution in [3.05, 3.63) is 0 Å². The van der Waals surface area contributed by atoms with E-state index in [-0.39, 0.29) is 5.54 Å². The van der Waals surface area contributed by atoms with Crippen molar-refractivity contribution < 1.29 is 0 Å². The number of hydrogen-bond donors (Lipinski definition) is 1. The van der Waals surface area contributed by atoms with Crippen LogP contribution in [-0.4, -0.2) is 17.0 Å². The van der Waals surface area contributed by atoms with Crippen LogP contribution in [0.5, 0.6) is 0 Å². The molecule has 0 unspecified atom stereocenters. The van der Waals surface area contributed by atoms with Gasteiger partial charge in [-0.3, -0.25) is 0 Å². The van der Waals surface area contributed by atoms with Gasteiger partial charge in [0.05, 0.1) is 5.75 Å². The van der Waals surface area contributed by atoms with Crippen LogP contribution in [-0.2, 0) is 0 Å². The van der Waals surface area contributed by atoms with Crippen LogP contribution in [0.3, 0.4) is 0 Å². The molecule has 0 aliphatic carbocycles. The molecule has 0 saturated carbocycles. The van der Waals surface area contributed by atoms with E-state index in [0.29, 0.717) is 0 Å². The number of terminal acetylenes is 1. The second kappa shape index (κ2) is 3.81. The summed E-state index contributed by atoms with van der Waals surface area (Å²) < 4.78 is 0.